The van der Waals surface area contributed by atoms with Gasteiger partial charge in [-0.3, -0.25) is 0 Å². The molecule has 0 aromatic rings. The second-order valence-electron chi connectivity index (χ2n) is 2.80. The lowest BCUT2D eigenvalue weighted by Gasteiger charge is -2.29. The zero-order chi connectivity index (χ0) is 9.35. The first kappa shape index (κ1) is 9.16. The average Bonchev–Trinajstić information content (AvgIpc) is 1.92. The lowest BCUT2D eigenvalue weighted by Crippen LogP contribution is -2.34. The summed E-state index contributed by atoms with van der Waals surface area (Å²) in [6, 6.07) is -0.588. The van der Waals surface area contributed by atoms with Crippen molar-refractivity contribution in [1.82, 2.24) is 4.90 Å². The zero-order valence-electron chi connectivity index (χ0n) is 6.89. The Morgan fingerprint density at radius 1 is 1.42 bits per heavy atom. The van der Waals surface area contributed by atoms with Crippen LogP contribution in [0.3, 0.4) is 0 Å². The Balaban J connectivity index is 2.90. The highest BCUT2D eigenvalue weighted by atomic mass is 19.4. The zero-order valence-corrected chi connectivity index (χ0v) is 6.89. The van der Waals surface area contributed by atoms with E-state index >= 15 is 0 Å². The van der Waals surface area contributed by atoms with Crippen molar-refractivity contribution < 1.29 is 13.2 Å². The minimum atomic E-state index is -4.21. The molecule has 1 aliphatic rings. The van der Waals surface area contributed by atoms with Gasteiger partial charge in [-0.1, -0.05) is 6.08 Å². The number of halogens is 3. The third kappa shape index (κ3) is 1.62. The highest BCUT2D eigenvalue weighted by Crippen LogP contribution is 2.31. The van der Waals surface area contributed by atoms with E-state index < -0.39 is 17.8 Å². The van der Waals surface area contributed by atoms with Gasteiger partial charge in [-0.05, 0) is 19.2 Å². The fourth-order valence-corrected chi connectivity index (χ4v) is 1.10. The summed E-state index contributed by atoms with van der Waals surface area (Å²) in [4.78, 5) is 1.53. The van der Waals surface area contributed by atoms with Gasteiger partial charge in [-0.25, -0.2) is 0 Å². The molecule has 0 aromatic carbocycles. The third-order valence-corrected chi connectivity index (χ3v) is 1.99. The highest BCUT2D eigenvalue weighted by Gasteiger charge is 2.38. The molecular formula is C8H10F3N. The van der Waals surface area contributed by atoms with E-state index in [0.29, 0.717) is 0 Å². The van der Waals surface area contributed by atoms with E-state index in [1.807, 2.05) is 0 Å². The molecule has 1 atom stereocenters. The number of hydrogen-bond acceptors (Lipinski definition) is 1. The Kier molecular flexibility index (Phi) is 2.17. The van der Waals surface area contributed by atoms with Crippen LogP contribution in [-0.2, 0) is 0 Å². The summed E-state index contributed by atoms with van der Waals surface area (Å²) in [5.41, 5.74) is -0.493. The smallest absolute Gasteiger partial charge is 0.374 e. The Morgan fingerprint density at radius 3 is 2.42 bits per heavy atom. The Labute approximate surface area is 69.2 Å². The monoisotopic (exact) mass is 177 g/mol. The quantitative estimate of drug-likeness (QED) is 0.548. The van der Waals surface area contributed by atoms with Crippen LogP contribution in [0.25, 0.3) is 0 Å². The van der Waals surface area contributed by atoms with Crippen molar-refractivity contribution >= 4 is 0 Å². The van der Waals surface area contributed by atoms with E-state index in [0.717, 1.165) is 6.08 Å². The molecule has 0 aliphatic carbocycles. The van der Waals surface area contributed by atoms with Crippen LogP contribution in [0.1, 0.15) is 6.92 Å². The van der Waals surface area contributed by atoms with Crippen molar-refractivity contribution in [2.75, 3.05) is 7.05 Å². The SMILES string of the molecule is CC1C(C(F)(F)F)=CC=CN1C. The topological polar surface area (TPSA) is 3.24 Å². The van der Waals surface area contributed by atoms with E-state index in [2.05, 4.69) is 0 Å². The van der Waals surface area contributed by atoms with Gasteiger partial charge in [0.2, 0.25) is 0 Å². The van der Waals surface area contributed by atoms with Gasteiger partial charge in [0.1, 0.15) is 0 Å². The van der Waals surface area contributed by atoms with E-state index in [1.54, 1.807) is 13.2 Å². The summed E-state index contributed by atoms with van der Waals surface area (Å²) in [5.74, 6) is 0. The molecule has 0 saturated heterocycles. The van der Waals surface area contributed by atoms with Crippen LogP contribution < -0.4 is 0 Å². The second kappa shape index (κ2) is 2.84. The largest absolute Gasteiger partial charge is 0.414 e. The van der Waals surface area contributed by atoms with Gasteiger partial charge in [-0.15, -0.1) is 0 Å². The normalized spacial score (nSPS) is 24.2. The molecule has 1 rings (SSSR count). The molecule has 0 N–H and O–H groups in total. The third-order valence-electron chi connectivity index (χ3n) is 1.99. The molecule has 68 valence electrons. The van der Waals surface area contributed by atoms with Crippen LogP contribution in [0, 0.1) is 0 Å². The van der Waals surface area contributed by atoms with Gasteiger partial charge in [0.25, 0.3) is 0 Å². The number of likely N-dealkylation sites (N-methyl/N-ethyl adjacent to an activating group) is 1. The summed E-state index contributed by atoms with van der Waals surface area (Å²) in [6.07, 6.45) is -0.0637. The maximum Gasteiger partial charge on any atom is 0.414 e. The second-order valence-corrected chi connectivity index (χ2v) is 2.80. The van der Waals surface area contributed by atoms with Crippen molar-refractivity contribution in [2.45, 2.75) is 19.1 Å². The van der Waals surface area contributed by atoms with Gasteiger partial charge in [-0.2, -0.15) is 13.2 Å². The van der Waals surface area contributed by atoms with Crippen LogP contribution in [0.4, 0.5) is 13.2 Å². The molecule has 0 spiro atoms. The lowest BCUT2D eigenvalue weighted by atomic mass is 10.0. The molecular weight excluding hydrogens is 167 g/mol. The first-order valence-electron chi connectivity index (χ1n) is 3.60. The Hall–Kier alpha value is -0.930. The maximum atomic E-state index is 12.2. The fourth-order valence-electron chi connectivity index (χ4n) is 1.10. The van der Waals surface area contributed by atoms with Crippen LogP contribution >= 0.6 is 0 Å². The molecule has 12 heavy (non-hydrogen) atoms. The van der Waals surface area contributed by atoms with Crippen LogP contribution in [0.2, 0.25) is 0 Å². The summed E-state index contributed by atoms with van der Waals surface area (Å²) < 4.78 is 36.7. The molecule has 0 radical (unpaired) electrons. The van der Waals surface area contributed by atoms with Gasteiger partial charge >= 0.3 is 6.18 Å². The van der Waals surface area contributed by atoms with Crippen LogP contribution in [-0.4, -0.2) is 24.2 Å². The highest BCUT2D eigenvalue weighted by molar-refractivity contribution is 5.26. The van der Waals surface area contributed by atoms with Crippen LogP contribution in [0.5, 0.6) is 0 Å². The number of hydrogen-bond donors (Lipinski definition) is 0. The average molecular weight is 177 g/mol. The van der Waals surface area contributed by atoms with Crippen LogP contribution in [0.15, 0.2) is 23.9 Å². The molecule has 0 bridgehead atoms. The Morgan fingerprint density at radius 2 is 2.00 bits per heavy atom. The molecule has 0 amide bonds. The van der Waals surface area contributed by atoms with Crippen molar-refractivity contribution in [1.29, 1.82) is 0 Å². The molecule has 0 aromatic heterocycles. The number of nitrogens with zero attached hydrogens (tertiary/aromatic N) is 1. The van der Waals surface area contributed by atoms with E-state index in [-0.39, 0.29) is 0 Å². The predicted octanol–water partition coefficient (Wildman–Crippen LogP) is 2.32. The Bertz CT molecular complexity index is 227. The maximum absolute atomic E-state index is 12.2. The molecule has 1 aliphatic heterocycles. The van der Waals surface area contributed by atoms with Crippen molar-refractivity contribution in [2.24, 2.45) is 0 Å². The first-order chi connectivity index (χ1) is 5.43. The first-order valence-corrected chi connectivity index (χ1v) is 3.60. The summed E-state index contributed by atoms with van der Waals surface area (Å²) in [7, 11) is 1.62. The summed E-state index contributed by atoms with van der Waals surface area (Å²) in [5, 5.41) is 0. The number of alkyl halides is 3. The molecule has 0 saturated carbocycles. The fraction of sp³-hybridized carbons (Fsp3) is 0.500. The van der Waals surface area contributed by atoms with E-state index in [1.165, 1.54) is 17.9 Å². The van der Waals surface area contributed by atoms with E-state index in [9.17, 15) is 13.2 Å². The lowest BCUT2D eigenvalue weighted by molar-refractivity contribution is -0.0991. The van der Waals surface area contributed by atoms with Crippen molar-refractivity contribution in [3.8, 4) is 0 Å². The van der Waals surface area contributed by atoms with Gasteiger partial charge in [0.15, 0.2) is 0 Å². The molecule has 4 heteroatoms. The molecule has 0 fully saturated rings. The number of rotatable bonds is 0. The van der Waals surface area contributed by atoms with Crippen molar-refractivity contribution in [3.63, 3.8) is 0 Å². The summed E-state index contributed by atoms with van der Waals surface area (Å²) in [6.45, 7) is 1.53. The van der Waals surface area contributed by atoms with Crippen molar-refractivity contribution in [3.05, 3.63) is 23.9 Å². The predicted molar refractivity (Wildman–Crippen MR) is 40.5 cm³/mol. The summed E-state index contributed by atoms with van der Waals surface area (Å²) >= 11 is 0. The minimum absolute atomic E-state index is 0.493. The molecule has 1 heterocycles. The standard InChI is InChI=1S/C8H10F3N/c1-6-7(8(9,10)11)4-3-5-12(6)2/h3-6H,1-2H3. The van der Waals surface area contributed by atoms with Gasteiger partial charge in [0, 0.05) is 7.05 Å². The minimum Gasteiger partial charge on any atom is -0.374 e. The number of allylic oxidation sites excluding steroid dienone is 2. The molecule has 1 nitrogen and oxygen atoms in total. The van der Waals surface area contributed by atoms with Gasteiger partial charge < -0.3 is 4.90 Å². The molecule has 1 unspecified atom stereocenters. The van der Waals surface area contributed by atoms with Gasteiger partial charge in [0.05, 0.1) is 11.6 Å². The van der Waals surface area contributed by atoms with E-state index in [4.69, 9.17) is 0 Å².